The molecule has 1 amide bonds. The van der Waals surface area contributed by atoms with Gasteiger partial charge in [-0.2, -0.15) is 0 Å². The summed E-state index contributed by atoms with van der Waals surface area (Å²) in [5, 5.41) is 9.70. The average Bonchev–Trinajstić information content (AvgIpc) is 2.69. The minimum absolute atomic E-state index is 0.00137. The van der Waals surface area contributed by atoms with Crippen LogP contribution in [0.2, 0.25) is 0 Å². The number of methoxy groups -OCH3 is 1. The van der Waals surface area contributed by atoms with Crippen molar-refractivity contribution >= 4 is 5.91 Å². The molecule has 0 bridgehead atoms. The minimum Gasteiger partial charge on any atom is -0.497 e. The molecule has 0 radical (unpaired) electrons. The van der Waals surface area contributed by atoms with Gasteiger partial charge >= 0.3 is 0 Å². The van der Waals surface area contributed by atoms with E-state index in [1.807, 2.05) is 49.5 Å². The van der Waals surface area contributed by atoms with Gasteiger partial charge in [0.25, 0.3) is 0 Å². The summed E-state index contributed by atoms with van der Waals surface area (Å²) in [6.45, 7) is 0.789. The molecule has 1 saturated carbocycles. The largest absolute Gasteiger partial charge is 0.497 e. The molecule has 0 aliphatic heterocycles. The summed E-state index contributed by atoms with van der Waals surface area (Å²) in [4.78, 5) is 14.8. The minimum atomic E-state index is -0.0905. The molecule has 2 aromatic carbocycles. The van der Waals surface area contributed by atoms with Gasteiger partial charge in [0.2, 0.25) is 5.91 Å². The highest BCUT2D eigenvalue weighted by molar-refractivity contribution is 5.77. The number of benzene rings is 2. The Morgan fingerprint density at radius 1 is 1.11 bits per heavy atom. The number of carbonyl (C=O) groups is 1. The summed E-state index contributed by atoms with van der Waals surface area (Å²) >= 11 is 0. The molecule has 1 aliphatic rings. The molecule has 4 heteroatoms. The van der Waals surface area contributed by atoms with Crippen molar-refractivity contribution in [2.45, 2.75) is 31.6 Å². The average molecular weight is 367 g/mol. The molecule has 0 saturated heterocycles. The fourth-order valence-electron chi connectivity index (χ4n) is 3.91. The second-order valence-electron chi connectivity index (χ2n) is 7.70. The van der Waals surface area contributed by atoms with Gasteiger partial charge in [-0.15, -0.1) is 0 Å². The van der Waals surface area contributed by atoms with Crippen molar-refractivity contribution in [1.29, 1.82) is 0 Å². The molecular weight excluding hydrogens is 338 g/mol. The van der Waals surface area contributed by atoms with Gasteiger partial charge in [-0.1, -0.05) is 48.9 Å². The van der Waals surface area contributed by atoms with Crippen LogP contribution in [-0.2, 0) is 4.79 Å². The Kier molecular flexibility index (Phi) is 6.17. The Labute approximate surface area is 161 Å². The molecule has 1 atom stereocenters. The van der Waals surface area contributed by atoms with E-state index in [0.29, 0.717) is 13.0 Å². The number of hydrogen-bond donors (Lipinski definition) is 1. The Morgan fingerprint density at radius 2 is 1.74 bits per heavy atom. The van der Waals surface area contributed by atoms with Crippen LogP contribution in [0.15, 0.2) is 54.6 Å². The predicted molar refractivity (Wildman–Crippen MR) is 107 cm³/mol. The Balaban J connectivity index is 1.77. The van der Waals surface area contributed by atoms with Gasteiger partial charge in [-0.25, -0.2) is 0 Å². The molecule has 2 aromatic rings. The highest BCUT2D eigenvalue weighted by atomic mass is 16.5. The van der Waals surface area contributed by atoms with Crippen molar-refractivity contribution in [2.24, 2.45) is 5.41 Å². The molecule has 144 valence electrons. The highest BCUT2D eigenvalue weighted by Gasteiger charge is 2.38. The van der Waals surface area contributed by atoms with Gasteiger partial charge in [-0.05, 0) is 36.1 Å². The monoisotopic (exact) mass is 367 g/mol. The number of nitrogens with zero attached hydrogens (tertiary/aromatic N) is 1. The van der Waals surface area contributed by atoms with Crippen molar-refractivity contribution < 1.29 is 14.6 Å². The van der Waals surface area contributed by atoms with E-state index in [1.54, 1.807) is 12.0 Å². The smallest absolute Gasteiger partial charge is 0.223 e. The third-order valence-corrected chi connectivity index (χ3v) is 5.85. The molecule has 0 unspecified atom stereocenters. The lowest BCUT2D eigenvalue weighted by molar-refractivity contribution is -0.133. The van der Waals surface area contributed by atoms with Crippen LogP contribution < -0.4 is 4.74 Å². The Bertz CT molecular complexity index is 732. The zero-order valence-electron chi connectivity index (χ0n) is 16.2. The molecule has 4 nitrogen and oxygen atoms in total. The van der Waals surface area contributed by atoms with Gasteiger partial charge in [0, 0.05) is 31.3 Å². The first-order valence-corrected chi connectivity index (χ1v) is 9.61. The van der Waals surface area contributed by atoms with Crippen LogP contribution in [0, 0.1) is 5.41 Å². The summed E-state index contributed by atoms with van der Waals surface area (Å²) in [6.07, 6.45) is 3.55. The number of amides is 1. The lowest BCUT2D eigenvalue weighted by atomic mass is 9.69. The van der Waals surface area contributed by atoms with Crippen LogP contribution in [-0.4, -0.2) is 43.2 Å². The molecule has 0 spiro atoms. The summed E-state index contributed by atoms with van der Waals surface area (Å²) in [7, 11) is 3.51. The number of aliphatic hydroxyl groups excluding tert-OH is 1. The number of ether oxygens (including phenoxy) is 1. The van der Waals surface area contributed by atoms with Gasteiger partial charge in [0.05, 0.1) is 13.7 Å². The Morgan fingerprint density at radius 3 is 2.26 bits per heavy atom. The maximum absolute atomic E-state index is 13.0. The summed E-state index contributed by atoms with van der Waals surface area (Å²) < 4.78 is 5.26. The maximum atomic E-state index is 13.0. The summed E-state index contributed by atoms with van der Waals surface area (Å²) in [6, 6.07) is 18.1. The maximum Gasteiger partial charge on any atom is 0.223 e. The van der Waals surface area contributed by atoms with E-state index in [9.17, 15) is 9.90 Å². The normalized spacial score (nSPS) is 16.3. The van der Waals surface area contributed by atoms with Crippen LogP contribution >= 0.6 is 0 Å². The third-order valence-electron chi connectivity index (χ3n) is 5.85. The van der Waals surface area contributed by atoms with Crippen LogP contribution in [0.1, 0.15) is 42.7 Å². The number of hydrogen-bond acceptors (Lipinski definition) is 3. The second kappa shape index (κ2) is 8.57. The number of rotatable bonds is 8. The molecule has 1 aliphatic carbocycles. The van der Waals surface area contributed by atoms with Crippen molar-refractivity contribution in [3.05, 3.63) is 65.7 Å². The van der Waals surface area contributed by atoms with E-state index in [0.717, 1.165) is 36.1 Å². The third kappa shape index (κ3) is 4.51. The van der Waals surface area contributed by atoms with Crippen LogP contribution in [0.5, 0.6) is 5.75 Å². The molecule has 3 rings (SSSR count). The van der Waals surface area contributed by atoms with Gasteiger partial charge in [0.15, 0.2) is 0 Å². The quantitative estimate of drug-likeness (QED) is 0.771. The molecular formula is C23H29NO3. The van der Waals surface area contributed by atoms with Gasteiger partial charge < -0.3 is 14.7 Å². The zero-order chi connectivity index (χ0) is 19.3. The van der Waals surface area contributed by atoms with E-state index in [-0.39, 0.29) is 23.8 Å². The SMILES string of the molecule is COc1ccc([C@@H](CC(=O)N(C)CC2(CO)CCC2)c2ccccc2)cc1. The molecule has 1 N–H and O–H groups in total. The van der Waals surface area contributed by atoms with E-state index in [2.05, 4.69) is 12.1 Å². The topological polar surface area (TPSA) is 49.8 Å². The standard InChI is InChI=1S/C23H29NO3/c1-24(16-23(17-25)13-6-14-23)22(26)15-21(18-7-4-3-5-8-18)19-9-11-20(27-2)12-10-19/h3-5,7-12,21,25H,6,13-17H2,1-2H3/t21-/m0/s1. The second-order valence-corrected chi connectivity index (χ2v) is 7.70. The lowest BCUT2D eigenvalue weighted by Crippen LogP contribution is -2.45. The van der Waals surface area contributed by atoms with Crippen molar-refractivity contribution in [1.82, 2.24) is 4.90 Å². The lowest BCUT2D eigenvalue weighted by Gasteiger charge is -2.43. The van der Waals surface area contributed by atoms with Crippen LogP contribution in [0.4, 0.5) is 0 Å². The molecule has 0 aromatic heterocycles. The van der Waals surface area contributed by atoms with Gasteiger partial charge in [-0.3, -0.25) is 4.79 Å². The Hall–Kier alpha value is -2.33. The molecule has 1 fully saturated rings. The fourth-order valence-corrected chi connectivity index (χ4v) is 3.91. The van der Waals surface area contributed by atoms with Crippen molar-refractivity contribution in [3.63, 3.8) is 0 Å². The highest BCUT2D eigenvalue weighted by Crippen LogP contribution is 2.41. The van der Waals surface area contributed by atoms with E-state index in [1.165, 1.54) is 0 Å². The number of carbonyl (C=O) groups excluding carboxylic acids is 1. The first-order valence-electron chi connectivity index (χ1n) is 9.61. The zero-order valence-corrected chi connectivity index (χ0v) is 16.2. The summed E-state index contributed by atoms with van der Waals surface area (Å²) in [5.74, 6) is 0.918. The van der Waals surface area contributed by atoms with Crippen molar-refractivity contribution in [2.75, 3.05) is 27.3 Å². The van der Waals surface area contributed by atoms with Crippen LogP contribution in [0.3, 0.4) is 0 Å². The first-order chi connectivity index (χ1) is 13.1. The van der Waals surface area contributed by atoms with Gasteiger partial charge in [0.1, 0.15) is 5.75 Å². The van der Waals surface area contributed by atoms with E-state index < -0.39 is 0 Å². The van der Waals surface area contributed by atoms with E-state index >= 15 is 0 Å². The summed E-state index contributed by atoms with van der Waals surface area (Å²) in [5.41, 5.74) is 2.14. The van der Waals surface area contributed by atoms with Crippen molar-refractivity contribution in [3.8, 4) is 5.75 Å². The van der Waals surface area contributed by atoms with Crippen LogP contribution in [0.25, 0.3) is 0 Å². The predicted octanol–water partition coefficient (Wildman–Crippen LogP) is 3.84. The number of aliphatic hydroxyl groups is 1. The first kappa shape index (κ1) is 19.4. The van der Waals surface area contributed by atoms with E-state index in [4.69, 9.17) is 4.74 Å². The molecule has 27 heavy (non-hydrogen) atoms. The molecule has 0 heterocycles. The fraction of sp³-hybridized carbons (Fsp3) is 0.435.